The minimum absolute atomic E-state index is 0.0934. The number of aliphatic hydroxyl groups is 1. The highest BCUT2D eigenvalue weighted by Crippen LogP contribution is 2.19. The summed E-state index contributed by atoms with van der Waals surface area (Å²) in [5, 5.41) is 20.7. The van der Waals surface area contributed by atoms with Gasteiger partial charge in [0.05, 0.1) is 25.3 Å². The number of ether oxygens (including phenoxy) is 1. The lowest BCUT2D eigenvalue weighted by Crippen LogP contribution is -2.57. The van der Waals surface area contributed by atoms with Gasteiger partial charge in [-0.15, -0.1) is 0 Å². The van der Waals surface area contributed by atoms with E-state index in [2.05, 4.69) is 29.8 Å². The molecule has 1 fully saturated rings. The summed E-state index contributed by atoms with van der Waals surface area (Å²) in [7, 11) is 0. The fraction of sp³-hybridized carbons (Fsp3) is 0.727. The van der Waals surface area contributed by atoms with Gasteiger partial charge >= 0.3 is 6.03 Å². The van der Waals surface area contributed by atoms with Crippen molar-refractivity contribution in [1.82, 2.24) is 20.9 Å². The molecule has 3 aliphatic rings. The van der Waals surface area contributed by atoms with Crippen molar-refractivity contribution in [2.75, 3.05) is 19.7 Å². The van der Waals surface area contributed by atoms with E-state index in [1.165, 1.54) is 6.42 Å². The molecule has 2 heterocycles. The number of carbonyl (C=O) groups is 3. The van der Waals surface area contributed by atoms with Crippen LogP contribution in [0.5, 0.6) is 5.75 Å². The third-order valence-electron chi connectivity index (χ3n) is 8.36. The molecule has 1 aromatic rings. The van der Waals surface area contributed by atoms with Crippen LogP contribution in [0.1, 0.15) is 97.5 Å². The first-order valence-electron chi connectivity index (χ1n) is 16.2. The first-order valence-corrected chi connectivity index (χ1v) is 16.2. The Morgan fingerprint density at radius 3 is 2.36 bits per heavy atom. The fourth-order valence-electron chi connectivity index (χ4n) is 5.62. The van der Waals surface area contributed by atoms with Crippen molar-refractivity contribution >= 4 is 17.8 Å². The molecule has 2 aliphatic heterocycles. The summed E-state index contributed by atoms with van der Waals surface area (Å²) in [5.41, 5.74) is 0.932. The lowest BCUT2D eigenvalue weighted by molar-refractivity contribution is -0.131. The third kappa shape index (κ3) is 11.5. The van der Waals surface area contributed by atoms with Crippen molar-refractivity contribution in [3.63, 3.8) is 0 Å². The number of aliphatic hydroxyl groups excluding tert-OH is 1. The Balaban J connectivity index is 1.81. The number of nitrogens with zero attached hydrogens (tertiary/aromatic N) is 1. The van der Waals surface area contributed by atoms with E-state index in [0.29, 0.717) is 31.9 Å². The summed E-state index contributed by atoms with van der Waals surface area (Å²) in [6.45, 7) is 9.22. The molecular formula is C33H54N4O5. The smallest absolute Gasteiger partial charge is 0.317 e. The maximum Gasteiger partial charge on any atom is 0.317 e. The molecule has 42 heavy (non-hydrogen) atoms. The average molecular weight is 587 g/mol. The molecule has 0 aromatic heterocycles. The summed E-state index contributed by atoms with van der Waals surface area (Å²) in [6, 6.07) is 6.34. The van der Waals surface area contributed by atoms with Gasteiger partial charge in [-0.1, -0.05) is 59.1 Å². The summed E-state index contributed by atoms with van der Waals surface area (Å²) >= 11 is 0. The van der Waals surface area contributed by atoms with E-state index in [0.717, 1.165) is 62.7 Å². The molecule has 3 atom stereocenters. The first kappa shape index (κ1) is 33.7. The van der Waals surface area contributed by atoms with Gasteiger partial charge in [0.1, 0.15) is 11.8 Å². The number of rotatable bonds is 8. The number of carbonyl (C=O) groups excluding carboxylic acids is 3. The van der Waals surface area contributed by atoms with Crippen LogP contribution in [-0.4, -0.2) is 71.8 Å². The Labute approximate surface area is 252 Å². The molecule has 0 saturated heterocycles. The van der Waals surface area contributed by atoms with Gasteiger partial charge in [-0.2, -0.15) is 0 Å². The van der Waals surface area contributed by atoms with Gasteiger partial charge in [0.15, 0.2) is 0 Å². The molecule has 4 N–H and O–H groups in total. The van der Waals surface area contributed by atoms with E-state index in [9.17, 15) is 19.5 Å². The van der Waals surface area contributed by atoms with Crippen molar-refractivity contribution < 1.29 is 24.2 Å². The zero-order valence-corrected chi connectivity index (χ0v) is 26.2. The van der Waals surface area contributed by atoms with Crippen LogP contribution >= 0.6 is 0 Å². The van der Waals surface area contributed by atoms with E-state index in [4.69, 9.17) is 4.74 Å². The molecule has 1 aliphatic carbocycles. The van der Waals surface area contributed by atoms with Crippen LogP contribution in [0.25, 0.3) is 0 Å². The molecule has 2 bridgehead atoms. The van der Waals surface area contributed by atoms with Gasteiger partial charge in [0.2, 0.25) is 11.8 Å². The molecule has 1 aromatic carbocycles. The van der Waals surface area contributed by atoms with Crippen LogP contribution in [0, 0.1) is 11.8 Å². The fourth-order valence-corrected chi connectivity index (χ4v) is 5.62. The van der Waals surface area contributed by atoms with Crippen LogP contribution in [0.3, 0.4) is 0 Å². The Hall–Kier alpha value is -2.81. The molecule has 0 unspecified atom stereocenters. The molecule has 9 nitrogen and oxygen atoms in total. The molecule has 0 radical (unpaired) electrons. The Morgan fingerprint density at radius 1 is 1.00 bits per heavy atom. The van der Waals surface area contributed by atoms with Gasteiger partial charge in [0.25, 0.3) is 0 Å². The highest BCUT2D eigenvalue weighted by molar-refractivity contribution is 5.88. The summed E-state index contributed by atoms with van der Waals surface area (Å²) in [6.07, 6.45) is 8.33. The van der Waals surface area contributed by atoms with Crippen molar-refractivity contribution in [2.24, 2.45) is 11.8 Å². The van der Waals surface area contributed by atoms with Gasteiger partial charge in [-0.05, 0) is 74.5 Å². The number of amides is 4. The predicted octanol–water partition coefficient (Wildman–Crippen LogP) is 4.56. The van der Waals surface area contributed by atoms with Crippen molar-refractivity contribution in [2.45, 2.75) is 123 Å². The van der Waals surface area contributed by atoms with E-state index < -0.39 is 18.2 Å². The monoisotopic (exact) mass is 586 g/mol. The van der Waals surface area contributed by atoms with Gasteiger partial charge in [0, 0.05) is 19.0 Å². The molecule has 9 heteroatoms. The number of urea groups is 1. The van der Waals surface area contributed by atoms with Gasteiger partial charge < -0.3 is 30.7 Å². The molecule has 0 spiro atoms. The predicted molar refractivity (Wildman–Crippen MR) is 165 cm³/mol. The average Bonchev–Trinajstić information content (AvgIpc) is 2.96. The van der Waals surface area contributed by atoms with Crippen LogP contribution in [0.2, 0.25) is 0 Å². The summed E-state index contributed by atoms with van der Waals surface area (Å²) < 4.78 is 5.87. The number of nitrogens with one attached hydrogen (secondary N) is 3. The second-order valence-corrected chi connectivity index (χ2v) is 12.9. The Morgan fingerprint density at radius 2 is 1.69 bits per heavy atom. The highest BCUT2D eigenvalue weighted by Gasteiger charge is 2.31. The summed E-state index contributed by atoms with van der Waals surface area (Å²) in [4.78, 5) is 41.4. The minimum atomic E-state index is -1.01. The zero-order chi connectivity index (χ0) is 30.5. The second kappa shape index (κ2) is 17.3. The highest BCUT2D eigenvalue weighted by atomic mass is 16.5. The molecule has 4 amide bonds. The third-order valence-corrected chi connectivity index (χ3v) is 8.36. The number of benzene rings is 1. The Bertz CT molecular complexity index is 977. The quantitative estimate of drug-likeness (QED) is 0.356. The number of hydrogen-bond donors (Lipinski definition) is 4. The normalized spacial score (nSPS) is 22.2. The number of fused-ring (bicyclic) bond motifs is 14. The largest absolute Gasteiger partial charge is 0.494 e. The minimum Gasteiger partial charge on any atom is -0.494 e. The standard InChI is InChI=1S/C33H54N4O5/c1-23(2)18-19-37(33(41)34-26-11-7-5-8-12-26)22-29(38)28-21-25-14-16-27(17-15-25)42-20-10-6-9-13-30(39)36-31(24(3)4)32(40)35-28/h14-17,23-24,26,28-29,31,38H,5-13,18-22H2,1-4H3,(H,34,41)(H,35,40)(H,36,39)/t28-,29+,31-/m0/s1. The molecule has 4 rings (SSSR count). The molecule has 1 saturated carbocycles. The van der Waals surface area contributed by atoms with Crippen LogP contribution in [0.4, 0.5) is 4.79 Å². The topological polar surface area (TPSA) is 120 Å². The second-order valence-electron chi connectivity index (χ2n) is 12.9. The SMILES string of the molecule is CC(C)CCN(C[C@@H](O)[C@@H]1Cc2ccc(cc2)OCCCCCC(=O)N[C@@H](C(C)C)C(=O)N1)C(=O)NC1CCCCC1. The van der Waals surface area contributed by atoms with Gasteiger partial charge in [-0.3, -0.25) is 9.59 Å². The summed E-state index contributed by atoms with van der Waals surface area (Å²) in [5.74, 6) is 0.547. The van der Waals surface area contributed by atoms with E-state index in [1.54, 1.807) is 4.90 Å². The van der Waals surface area contributed by atoms with Crippen LogP contribution in [0.15, 0.2) is 24.3 Å². The Kier molecular flexibility index (Phi) is 13.9. The van der Waals surface area contributed by atoms with Crippen molar-refractivity contribution in [1.29, 1.82) is 0 Å². The van der Waals surface area contributed by atoms with E-state index >= 15 is 0 Å². The van der Waals surface area contributed by atoms with E-state index in [-0.39, 0.29) is 36.3 Å². The van der Waals surface area contributed by atoms with Gasteiger partial charge in [-0.25, -0.2) is 4.79 Å². The lowest BCUT2D eigenvalue weighted by Gasteiger charge is -2.33. The molecule has 236 valence electrons. The van der Waals surface area contributed by atoms with E-state index in [1.807, 2.05) is 38.1 Å². The van der Waals surface area contributed by atoms with Crippen molar-refractivity contribution in [3.8, 4) is 5.75 Å². The van der Waals surface area contributed by atoms with Crippen molar-refractivity contribution in [3.05, 3.63) is 29.8 Å². The number of hydrogen-bond acceptors (Lipinski definition) is 5. The lowest BCUT2D eigenvalue weighted by atomic mass is 9.95. The van der Waals surface area contributed by atoms with Crippen LogP contribution < -0.4 is 20.7 Å². The maximum absolute atomic E-state index is 13.6. The zero-order valence-electron chi connectivity index (χ0n) is 26.2. The maximum atomic E-state index is 13.6. The molecular weight excluding hydrogens is 532 g/mol. The van der Waals surface area contributed by atoms with Crippen LogP contribution in [-0.2, 0) is 16.0 Å². The first-order chi connectivity index (χ1) is 20.1.